The lowest BCUT2D eigenvalue weighted by Crippen LogP contribution is -2.32. The van der Waals surface area contributed by atoms with E-state index in [1.807, 2.05) is 0 Å². The molecule has 0 unspecified atom stereocenters. The Kier molecular flexibility index (Phi) is 4.95. The average Bonchev–Trinajstić information content (AvgIpc) is 3.24. The molecule has 12 heteroatoms. The van der Waals surface area contributed by atoms with Crippen LogP contribution in [0.25, 0.3) is 0 Å². The minimum Gasteiger partial charge on any atom is -0.508 e. The van der Waals surface area contributed by atoms with E-state index in [0.717, 1.165) is 38.5 Å². The zero-order chi connectivity index (χ0) is 22.7. The highest BCUT2D eigenvalue weighted by molar-refractivity contribution is 9.10. The maximum atomic E-state index is 13.5. The lowest BCUT2D eigenvalue weighted by molar-refractivity contribution is -0.385. The fourth-order valence-corrected chi connectivity index (χ4v) is 6.87. The van der Waals surface area contributed by atoms with Gasteiger partial charge in [-0.15, -0.1) is 0 Å². The number of nitro groups is 1. The van der Waals surface area contributed by atoms with Crippen molar-refractivity contribution in [2.75, 3.05) is 4.90 Å². The zero-order valence-corrected chi connectivity index (χ0v) is 19.1. The Morgan fingerprint density at radius 2 is 1.81 bits per heavy atom. The molecule has 1 fully saturated rings. The molecule has 162 valence electrons. The van der Waals surface area contributed by atoms with Gasteiger partial charge in [-0.2, -0.15) is 0 Å². The van der Waals surface area contributed by atoms with Crippen LogP contribution in [0.1, 0.15) is 16.4 Å². The number of hydrogen-bond donors (Lipinski definition) is 2. The Morgan fingerprint density at radius 1 is 1.09 bits per heavy atom. The number of benzene rings is 2. The molecular formula is C20H12BrN3O6S2. The van der Waals surface area contributed by atoms with Crippen LogP contribution in [-0.2, 0) is 9.59 Å². The number of non-ortho nitro benzene ring substituents is 1. The number of anilines is 1. The summed E-state index contributed by atoms with van der Waals surface area (Å²) in [7, 11) is 0. The molecule has 2 aliphatic rings. The number of aromatic nitrogens is 1. The van der Waals surface area contributed by atoms with Gasteiger partial charge in [-0.3, -0.25) is 24.5 Å². The van der Waals surface area contributed by atoms with E-state index >= 15 is 0 Å². The molecule has 0 saturated carbocycles. The largest absolute Gasteiger partial charge is 0.508 e. The summed E-state index contributed by atoms with van der Waals surface area (Å²) in [4.78, 5) is 53.6. The standard InChI is InChI=1S/C20H12BrN3O6S2/c21-8-1-3-9(4-2-8)23-18(26)14-13(11-7-10(24(29)30)5-6-12(11)25)15-17(22-20(28)32-15)31-16(14)19(23)27/h1-7,13-14,16,25H,(H,22,28)/t13-,14-,16-/m1/s1. The van der Waals surface area contributed by atoms with Gasteiger partial charge in [-0.1, -0.05) is 39.0 Å². The molecule has 9 nitrogen and oxygen atoms in total. The van der Waals surface area contributed by atoms with E-state index in [4.69, 9.17) is 0 Å². The van der Waals surface area contributed by atoms with Gasteiger partial charge < -0.3 is 10.1 Å². The normalized spacial score (nSPS) is 22.0. The number of halogens is 1. The molecule has 2 aromatic carbocycles. The maximum Gasteiger partial charge on any atom is 0.305 e. The number of nitrogens with zero attached hydrogens (tertiary/aromatic N) is 2. The second kappa shape index (κ2) is 7.57. The van der Waals surface area contributed by atoms with Crippen LogP contribution < -0.4 is 9.77 Å². The molecule has 2 amide bonds. The topological polar surface area (TPSA) is 134 Å². The highest BCUT2D eigenvalue weighted by atomic mass is 79.9. The maximum absolute atomic E-state index is 13.5. The van der Waals surface area contributed by atoms with Gasteiger partial charge in [-0.05, 0) is 30.3 Å². The first-order valence-corrected chi connectivity index (χ1v) is 11.8. The zero-order valence-electron chi connectivity index (χ0n) is 15.9. The highest BCUT2D eigenvalue weighted by Crippen LogP contribution is 2.54. The molecule has 0 spiro atoms. The van der Waals surface area contributed by atoms with Gasteiger partial charge in [0.05, 0.1) is 21.6 Å². The first-order chi connectivity index (χ1) is 15.3. The summed E-state index contributed by atoms with van der Waals surface area (Å²) >= 11 is 5.29. The van der Waals surface area contributed by atoms with Gasteiger partial charge in [0.25, 0.3) is 5.69 Å². The molecule has 32 heavy (non-hydrogen) atoms. The summed E-state index contributed by atoms with van der Waals surface area (Å²) in [5.74, 6) is -3.02. The molecule has 0 radical (unpaired) electrons. The quantitative estimate of drug-likeness (QED) is 0.298. The lowest BCUT2D eigenvalue weighted by atomic mass is 9.82. The Balaban J connectivity index is 1.69. The third-order valence-corrected chi connectivity index (χ3v) is 8.40. The molecule has 3 aromatic rings. The van der Waals surface area contributed by atoms with Gasteiger partial charge >= 0.3 is 4.87 Å². The van der Waals surface area contributed by atoms with Crippen molar-refractivity contribution in [2.24, 2.45) is 5.92 Å². The summed E-state index contributed by atoms with van der Waals surface area (Å²) in [5.41, 5.74) is 0.264. The Labute approximate surface area is 196 Å². The average molecular weight is 534 g/mol. The van der Waals surface area contributed by atoms with Crippen LogP contribution >= 0.6 is 39.0 Å². The molecule has 0 bridgehead atoms. The highest BCUT2D eigenvalue weighted by Gasteiger charge is 2.56. The van der Waals surface area contributed by atoms with E-state index in [-0.39, 0.29) is 21.9 Å². The van der Waals surface area contributed by atoms with Crippen molar-refractivity contribution >= 4 is 62.2 Å². The molecule has 2 N–H and O–H groups in total. The SMILES string of the molecule is O=C1[C@@H]2[C@@H](c3cc([N+](=O)[O-])ccc3O)c3sc(=O)[nH]c3S[C@H]2C(=O)N1c1ccc(Br)cc1. The first-order valence-electron chi connectivity index (χ1n) is 9.26. The number of carbonyl (C=O) groups is 2. The molecule has 1 aromatic heterocycles. The van der Waals surface area contributed by atoms with Gasteiger partial charge in [0, 0.05) is 33.0 Å². The fourth-order valence-electron chi connectivity index (χ4n) is 4.10. The molecular weight excluding hydrogens is 522 g/mol. The van der Waals surface area contributed by atoms with Crippen LogP contribution in [-0.4, -0.2) is 32.1 Å². The van der Waals surface area contributed by atoms with E-state index in [1.165, 1.54) is 12.1 Å². The molecule has 3 atom stereocenters. The van der Waals surface area contributed by atoms with Gasteiger partial charge in [0.2, 0.25) is 11.8 Å². The van der Waals surface area contributed by atoms with Gasteiger partial charge in [0.15, 0.2) is 0 Å². The van der Waals surface area contributed by atoms with E-state index in [9.17, 15) is 29.6 Å². The van der Waals surface area contributed by atoms with Crippen molar-refractivity contribution in [2.45, 2.75) is 16.2 Å². The number of phenolic OH excluding ortho intramolecular Hbond substituents is 1. The number of nitrogens with one attached hydrogen (secondary N) is 1. The van der Waals surface area contributed by atoms with Crippen LogP contribution in [0.2, 0.25) is 0 Å². The lowest BCUT2D eigenvalue weighted by Gasteiger charge is -2.30. The third kappa shape index (κ3) is 3.17. The number of thiazole rings is 1. The summed E-state index contributed by atoms with van der Waals surface area (Å²) < 4.78 is 0.784. The Bertz CT molecular complexity index is 1350. The monoisotopic (exact) mass is 533 g/mol. The first kappa shape index (κ1) is 20.9. The van der Waals surface area contributed by atoms with E-state index < -0.39 is 33.8 Å². The second-order valence-corrected chi connectivity index (χ2v) is 10.3. The van der Waals surface area contributed by atoms with Crippen LogP contribution in [0.4, 0.5) is 11.4 Å². The van der Waals surface area contributed by atoms with Crippen LogP contribution in [0.5, 0.6) is 5.75 Å². The summed E-state index contributed by atoms with van der Waals surface area (Å²) in [5, 5.41) is 21.5. The minimum atomic E-state index is -0.942. The number of fused-ring (bicyclic) bond motifs is 2. The second-order valence-electron chi connectivity index (χ2n) is 7.24. The smallest absolute Gasteiger partial charge is 0.305 e. The van der Waals surface area contributed by atoms with Crippen LogP contribution in [0, 0.1) is 16.0 Å². The number of hydrogen-bond acceptors (Lipinski definition) is 8. The summed E-state index contributed by atoms with van der Waals surface area (Å²) in [6, 6.07) is 10.2. The predicted octanol–water partition coefficient (Wildman–Crippen LogP) is 3.61. The summed E-state index contributed by atoms with van der Waals surface area (Å²) in [6.45, 7) is 0. The van der Waals surface area contributed by atoms with Crippen molar-refractivity contribution in [1.82, 2.24) is 4.98 Å². The number of carbonyl (C=O) groups excluding carboxylic acids is 2. The van der Waals surface area contributed by atoms with Gasteiger partial charge in [0.1, 0.15) is 11.0 Å². The predicted molar refractivity (Wildman–Crippen MR) is 121 cm³/mol. The number of rotatable bonds is 3. The minimum absolute atomic E-state index is 0.129. The van der Waals surface area contributed by atoms with Crippen molar-refractivity contribution in [3.8, 4) is 5.75 Å². The number of imide groups is 1. The van der Waals surface area contributed by atoms with E-state index in [1.54, 1.807) is 24.3 Å². The number of nitro benzene ring substituents is 1. The third-order valence-electron chi connectivity index (χ3n) is 5.47. The number of aromatic amines is 1. The molecule has 2 aliphatic heterocycles. The molecule has 5 rings (SSSR count). The molecule has 1 saturated heterocycles. The summed E-state index contributed by atoms with van der Waals surface area (Å²) in [6.07, 6.45) is 0. The Morgan fingerprint density at radius 3 is 2.50 bits per heavy atom. The Hall–Kier alpha value is -2.96. The number of H-pyrrole nitrogens is 1. The number of thioether (sulfide) groups is 1. The number of aromatic hydroxyl groups is 1. The molecule has 0 aliphatic carbocycles. The van der Waals surface area contributed by atoms with Crippen molar-refractivity contribution in [3.05, 3.63) is 77.2 Å². The van der Waals surface area contributed by atoms with E-state index in [0.29, 0.717) is 15.6 Å². The van der Waals surface area contributed by atoms with Crippen LogP contribution in [0.15, 0.2) is 56.8 Å². The molecule has 3 heterocycles. The number of amides is 2. The van der Waals surface area contributed by atoms with Crippen molar-refractivity contribution < 1.29 is 19.6 Å². The van der Waals surface area contributed by atoms with Crippen LogP contribution in [0.3, 0.4) is 0 Å². The van der Waals surface area contributed by atoms with Crippen molar-refractivity contribution in [3.63, 3.8) is 0 Å². The van der Waals surface area contributed by atoms with Crippen molar-refractivity contribution in [1.29, 1.82) is 0 Å². The number of phenols is 1. The van der Waals surface area contributed by atoms with E-state index in [2.05, 4.69) is 20.9 Å². The fraction of sp³-hybridized carbons (Fsp3) is 0.150. The van der Waals surface area contributed by atoms with Gasteiger partial charge in [-0.25, -0.2) is 4.90 Å².